The van der Waals surface area contributed by atoms with Crippen LogP contribution in [-0.2, 0) is 14.3 Å². The van der Waals surface area contributed by atoms with Crippen LogP contribution in [0.2, 0.25) is 0 Å². The minimum Gasteiger partial charge on any atom is -0.508 e. The van der Waals surface area contributed by atoms with Crippen LogP contribution in [0.4, 0.5) is 0 Å². The molecule has 124 valence electrons. The summed E-state index contributed by atoms with van der Waals surface area (Å²) in [4.78, 5) is 23.4. The van der Waals surface area contributed by atoms with Gasteiger partial charge in [-0.2, -0.15) is 0 Å². The molecule has 0 aliphatic carbocycles. The summed E-state index contributed by atoms with van der Waals surface area (Å²) in [6.45, 7) is -0.263. The number of aromatic hydroxyl groups is 1. The number of rotatable bonds is 6. The SMILES string of the molecule is COC(=O)CNC(=O)/C(=C\c1ccc(O)cc1)Oc1ccccc1. The molecule has 1 amide bonds. The lowest BCUT2D eigenvalue weighted by Gasteiger charge is -2.10. The Balaban J connectivity index is 2.21. The summed E-state index contributed by atoms with van der Waals surface area (Å²) in [5.41, 5.74) is 0.659. The van der Waals surface area contributed by atoms with Crippen molar-refractivity contribution in [2.75, 3.05) is 13.7 Å². The Morgan fingerprint density at radius 3 is 2.38 bits per heavy atom. The third kappa shape index (κ3) is 5.17. The van der Waals surface area contributed by atoms with Gasteiger partial charge in [-0.15, -0.1) is 0 Å². The molecule has 0 fully saturated rings. The fraction of sp³-hybridized carbons (Fsp3) is 0.111. The summed E-state index contributed by atoms with van der Waals surface area (Å²) in [6, 6.07) is 15.1. The van der Waals surface area contributed by atoms with Crippen molar-refractivity contribution < 1.29 is 24.2 Å². The Hall–Kier alpha value is -3.28. The molecule has 0 aliphatic heterocycles. The second-order valence-corrected chi connectivity index (χ2v) is 4.77. The van der Waals surface area contributed by atoms with Crippen molar-refractivity contribution in [1.29, 1.82) is 0 Å². The molecule has 0 saturated heterocycles. The Morgan fingerprint density at radius 2 is 1.75 bits per heavy atom. The molecule has 24 heavy (non-hydrogen) atoms. The molecule has 6 nitrogen and oxygen atoms in total. The van der Waals surface area contributed by atoms with Gasteiger partial charge in [-0.1, -0.05) is 30.3 Å². The third-order valence-corrected chi connectivity index (χ3v) is 3.01. The summed E-state index contributed by atoms with van der Waals surface area (Å²) in [7, 11) is 1.24. The molecule has 0 aromatic heterocycles. The summed E-state index contributed by atoms with van der Waals surface area (Å²) < 4.78 is 10.1. The molecule has 6 heteroatoms. The number of para-hydroxylation sites is 1. The number of carbonyl (C=O) groups excluding carboxylic acids is 2. The zero-order valence-corrected chi connectivity index (χ0v) is 13.1. The van der Waals surface area contributed by atoms with Crippen molar-refractivity contribution in [3.05, 3.63) is 65.9 Å². The van der Waals surface area contributed by atoms with E-state index in [1.165, 1.54) is 25.3 Å². The van der Waals surface area contributed by atoms with Gasteiger partial charge < -0.3 is 19.9 Å². The highest BCUT2D eigenvalue weighted by Gasteiger charge is 2.14. The third-order valence-electron chi connectivity index (χ3n) is 3.01. The largest absolute Gasteiger partial charge is 0.508 e. The average Bonchev–Trinajstić information content (AvgIpc) is 2.61. The van der Waals surface area contributed by atoms with Crippen LogP contribution in [-0.4, -0.2) is 30.6 Å². The Kier molecular flexibility index (Phi) is 5.96. The molecule has 2 rings (SSSR count). The maximum absolute atomic E-state index is 12.3. The van der Waals surface area contributed by atoms with Crippen molar-refractivity contribution in [3.8, 4) is 11.5 Å². The summed E-state index contributed by atoms with van der Waals surface area (Å²) in [6.07, 6.45) is 1.51. The van der Waals surface area contributed by atoms with Crippen LogP contribution in [0.15, 0.2) is 60.4 Å². The van der Waals surface area contributed by atoms with E-state index in [4.69, 9.17) is 4.74 Å². The highest BCUT2D eigenvalue weighted by atomic mass is 16.5. The van der Waals surface area contributed by atoms with Crippen LogP contribution >= 0.6 is 0 Å². The molecular weight excluding hydrogens is 310 g/mol. The first-order valence-electron chi connectivity index (χ1n) is 7.17. The van der Waals surface area contributed by atoms with Crippen molar-refractivity contribution in [1.82, 2.24) is 5.32 Å². The molecule has 0 aliphatic rings. The fourth-order valence-corrected chi connectivity index (χ4v) is 1.79. The van der Waals surface area contributed by atoms with Gasteiger partial charge in [0.2, 0.25) is 0 Å². The van der Waals surface area contributed by atoms with Gasteiger partial charge >= 0.3 is 5.97 Å². The maximum atomic E-state index is 12.3. The molecule has 0 unspecified atom stereocenters. The number of methoxy groups -OCH3 is 1. The monoisotopic (exact) mass is 327 g/mol. The second-order valence-electron chi connectivity index (χ2n) is 4.77. The van der Waals surface area contributed by atoms with Gasteiger partial charge in [0.05, 0.1) is 7.11 Å². The van der Waals surface area contributed by atoms with Crippen LogP contribution in [0.5, 0.6) is 11.5 Å². The number of benzene rings is 2. The number of hydrogen-bond acceptors (Lipinski definition) is 5. The molecule has 2 aromatic carbocycles. The minimum absolute atomic E-state index is 0.00999. The van der Waals surface area contributed by atoms with Crippen molar-refractivity contribution in [3.63, 3.8) is 0 Å². The number of phenols is 1. The number of ether oxygens (including phenoxy) is 2. The Labute approximate surface area is 139 Å². The van der Waals surface area contributed by atoms with E-state index in [1.54, 1.807) is 36.4 Å². The molecule has 0 atom stereocenters. The normalized spacial score (nSPS) is 10.8. The van der Waals surface area contributed by atoms with Crippen LogP contribution in [0, 0.1) is 0 Å². The number of amides is 1. The number of phenolic OH excluding ortho intramolecular Hbond substituents is 1. The predicted octanol–water partition coefficient (Wildman–Crippen LogP) is 2.10. The zero-order chi connectivity index (χ0) is 17.4. The molecule has 2 N–H and O–H groups in total. The first-order chi connectivity index (χ1) is 11.6. The van der Waals surface area contributed by atoms with E-state index < -0.39 is 11.9 Å². The van der Waals surface area contributed by atoms with Gasteiger partial charge in [-0.05, 0) is 35.9 Å². The molecule has 0 bridgehead atoms. The van der Waals surface area contributed by atoms with Crippen molar-refractivity contribution >= 4 is 18.0 Å². The van der Waals surface area contributed by atoms with Crippen molar-refractivity contribution in [2.45, 2.75) is 0 Å². The summed E-state index contributed by atoms with van der Waals surface area (Å²) >= 11 is 0. The highest BCUT2D eigenvalue weighted by Crippen LogP contribution is 2.17. The van der Waals surface area contributed by atoms with E-state index in [9.17, 15) is 14.7 Å². The standard InChI is InChI=1S/C18H17NO5/c1-23-17(21)12-19-18(22)16(24-15-5-3-2-4-6-15)11-13-7-9-14(20)10-8-13/h2-11,20H,12H2,1H3,(H,19,22)/b16-11+. The lowest BCUT2D eigenvalue weighted by Crippen LogP contribution is -2.32. The molecule has 0 heterocycles. The lowest BCUT2D eigenvalue weighted by atomic mass is 10.2. The molecule has 0 radical (unpaired) electrons. The van der Waals surface area contributed by atoms with E-state index in [2.05, 4.69) is 10.1 Å². The molecule has 0 saturated carbocycles. The van der Waals surface area contributed by atoms with E-state index in [-0.39, 0.29) is 18.1 Å². The molecule has 2 aromatic rings. The quantitative estimate of drug-likeness (QED) is 0.482. The smallest absolute Gasteiger partial charge is 0.325 e. The highest BCUT2D eigenvalue weighted by molar-refractivity contribution is 5.97. The van der Waals surface area contributed by atoms with Gasteiger partial charge in [0, 0.05) is 0 Å². The van der Waals surface area contributed by atoms with Crippen LogP contribution in [0.3, 0.4) is 0 Å². The lowest BCUT2D eigenvalue weighted by molar-refractivity contribution is -0.140. The van der Waals surface area contributed by atoms with Crippen molar-refractivity contribution in [2.24, 2.45) is 0 Å². The molecular formula is C18H17NO5. The second kappa shape index (κ2) is 8.38. The fourth-order valence-electron chi connectivity index (χ4n) is 1.79. The van der Waals surface area contributed by atoms with Gasteiger partial charge in [-0.25, -0.2) is 0 Å². The maximum Gasteiger partial charge on any atom is 0.325 e. The van der Waals surface area contributed by atoms with Gasteiger partial charge in [-0.3, -0.25) is 9.59 Å². The van der Waals surface area contributed by atoms with E-state index in [0.29, 0.717) is 11.3 Å². The predicted molar refractivity (Wildman–Crippen MR) is 88.2 cm³/mol. The number of carbonyl (C=O) groups is 2. The summed E-state index contributed by atoms with van der Waals surface area (Å²) in [5.74, 6) is -0.510. The number of hydrogen-bond donors (Lipinski definition) is 2. The molecule has 0 spiro atoms. The van der Waals surface area contributed by atoms with Gasteiger partial charge in [0.25, 0.3) is 5.91 Å². The zero-order valence-electron chi connectivity index (χ0n) is 13.1. The first-order valence-corrected chi connectivity index (χ1v) is 7.17. The number of nitrogens with one attached hydrogen (secondary N) is 1. The van der Waals surface area contributed by atoms with E-state index in [0.717, 1.165) is 0 Å². The van der Waals surface area contributed by atoms with Crippen LogP contribution in [0.25, 0.3) is 6.08 Å². The minimum atomic E-state index is -0.563. The Bertz CT molecular complexity index is 723. The van der Waals surface area contributed by atoms with E-state index >= 15 is 0 Å². The van der Waals surface area contributed by atoms with Gasteiger partial charge in [0.1, 0.15) is 18.0 Å². The summed E-state index contributed by atoms with van der Waals surface area (Å²) in [5, 5.41) is 11.8. The van der Waals surface area contributed by atoms with Crippen LogP contribution < -0.4 is 10.1 Å². The first kappa shape index (κ1) is 17.1. The van der Waals surface area contributed by atoms with Crippen LogP contribution in [0.1, 0.15) is 5.56 Å². The number of esters is 1. The Morgan fingerprint density at radius 1 is 1.08 bits per heavy atom. The van der Waals surface area contributed by atoms with E-state index in [1.807, 2.05) is 6.07 Å². The average molecular weight is 327 g/mol. The van der Waals surface area contributed by atoms with Gasteiger partial charge in [0.15, 0.2) is 5.76 Å². The topological polar surface area (TPSA) is 84.9 Å².